The van der Waals surface area contributed by atoms with E-state index in [1.807, 2.05) is 19.1 Å². The maximum atomic E-state index is 12.9. The Labute approximate surface area is 181 Å². The lowest BCUT2D eigenvalue weighted by Gasteiger charge is -2.24. The molecule has 2 atom stereocenters. The van der Waals surface area contributed by atoms with Crippen molar-refractivity contribution in [1.29, 1.82) is 0 Å². The van der Waals surface area contributed by atoms with Gasteiger partial charge in [0.05, 0.1) is 4.90 Å². The minimum absolute atomic E-state index is 0.0412. The zero-order chi connectivity index (χ0) is 20.3. The van der Waals surface area contributed by atoms with Crippen LogP contribution in [0.3, 0.4) is 0 Å². The molecule has 3 aromatic carbocycles. The SMILES string of the molecule is Cc1ccc(S(=O)(=O)OC(c2cccc(Br)c2)C(O)c2cccc(Br)c2)cc1. The number of benzene rings is 3. The highest BCUT2D eigenvalue weighted by Gasteiger charge is 2.30. The van der Waals surface area contributed by atoms with Crippen molar-refractivity contribution in [1.82, 2.24) is 0 Å². The highest BCUT2D eigenvalue weighted by molar-refractivity contribution is 9.10. The summed E-state index contributed by atoms with van der Waals surface area (Å²) in [5.41, 5.74) is 2.02. The molecule has 0 aliphatic heterocycles. The molecule has 0 radical (unpaired) electrons. The van der Waals surface area contributed by atoms with Crippen LogP contribution in [0.2, 0.25) is 0 Å². The van der Waals surface area contributed by atoms with E-state index in [9.17, 15) is 13.5 Å². The van der Waals surface area contributed by atoms with Gasteiger partial charge in [0, 0.05) is 8.95 Å². The summed E-state index contributed by atoms with van der Waals surface area (Å²) in [5, 5.41) is 11.0. The van der Waals surface area contributed by atoms with Crippen LogP contribution >= 0.6 is 31.9 Å². The monoisotopic (exact) mass is 524 g/mol. The molecule has 0 fully saturated rings. The standard InChI is InChI=1S/C21H18Br2O4S/c1-14-8-10-19(11-9-14)28(25,26)27-21(16-5-3-7-18(23)13-16)20(24)15-4-2-6-17(22)12-15/h2-13,20-21,24H,1H3. The maximum absolute atomic E-state index is 12.9. The molecule has 0 spiro atoms. The van der Waals surface area contributed by atoms with Gasteiger partial charge in [0.1, 0.15) is 12.2 Å². The van der Waals surface area contributed by atoms with Crippen molar-refractivity contribution in [3.05, 3.63) is 98.4 Å². The van der Waals surface area contributed by atoms with E-state index in [-0.39, 0.29) is 4.90 Å². The topological polar surface area (TPSA) is 63.6 Å². The van der Waals surface area contributed by atoms with Crippen LogP contribution < -0.4 is 0 Å². The number of hydrogen-bond donors (Lipinski definition) is 1. The van der Waals surface area contributed by atoms with Gasteiger partial charge in [-0.2, -0.15) is 8.42 Å². The zero-order valence-electron chi connectivity index (χ0n) is 14.9. The molecule has 0 aliphatic rings. The summed E-state index contributed by atoms with van der Waals surface area (Å²) < 4.78 is 32.8. The first-order valence-electron chi connectivity index (χ1n) is 8.45. The minimum Gasteiger partial charge on any atom is -0.385 e. The molecular weight excluding hydrogens is 508 g/mol. The summed E-state index contributed by atoms with van der Waals surface area (Å²) in [6, 6.07) is 20.5. The van der Waals surface area contributed by atoms with Gasteiger partial charge < -0.3 is 5.11 Å². The molecule has 0 saturated carbocycles. The second-order valence-corrected chi connectivity index (χ2v) is 9.74. The van der Waals surface area contributed by atoms with Gasteiger partial charge in [0.2, 0.25) is 0 Å². The summed E-state index contributed by atoms with van der Waals surface area (Å²) in [6.07, 6.45) is -2.30. The van der Waals surface area contributed by atoms with E-state index in [4.69, 9.17) is 4.18 Å². The highest BCUT2D eigenvalue weighted by atomic mass is 79.9. The summed E-state index contributed by atoms with van der Waals surface area (Å²) in [6.45, 7) is 1.87. The van der Waals surface area contributed by atoms with Crippen LogP contribution in [0.15, 0.2) is 86.6 Å². The van der Waals surface area contributed by atoms with Crippen LogP contribution in [0.1, 0.15) is 28.9 Å². The van der Waals surface area contributed by atoms with Crippen molar-refractivity contribution in [2.45, 2.75) is 24.0 Å². The van der Waals surface area contributed by atoms with Gasteiger partial charge in [-0.05, 0) is 54.4 Å². The van der Waals surface area contributed by atoms with Crippen LogP contribution in [-0.2, 0) is 14.3 Å². The molecule has 0 bridgehead atoms. The molecule has 1 N–H and O–H groups in total. The van der Waals surface area contributed by atoms with Crippen molar-refractivity contribution in [3.63, 3.8) is 0 Å². The van der Waals surface area contributed by atoms with Crippen LogP contribution in [0.25, 0.3) is 0 Å². The van der Waals surface area contributed by atoms with Crippen LogP contribution in [0, 0.1) is 6.92 Å². The van der Waals surface area contributed by atoms with E-state index in [1.54, 1.807) is 48.5 Å². The van der Waals surface area contributed by atoms with Crippen molar-refractivity contribution >= 4 is 42.0 Å². The third kappa shape index (κ3) is 5.10. The van der Waals surface area contributed by atoms with E-state index in [0.29, 0.717) is 11.1 Å². The minimum atomic E-state index is -4.09. The number of halogens is 2. The van der Waals surface area contributed by atoms with Gasteiger partial charge in [-0.1, -0.05) is 73.8 Å². The Bertz CT molecular complexity index is 1070. The average molecular weight is 526 g/mol. The van der Waals surface area contributed by atoms with Gasteiger partial charge in [-0.3, -0.25) is 4.18 Å². The van der Waals surface area contributed by atoms with Crippen molar-refractivity contribution in [2.75, 3.05) is 0 Å². The first-order valence-corrected chi connectivity index (χ1v) is 11.4. The van der Waals surface area contributed by atoms with Crippen molar-refractivity contribution < 1.29 is 17.7 Å². The number of aliphatic hydroxyl groups is 1. The number of hydrogen-bond acceptors (Lipinski definition) is 4. The largest absolute Gasteiger partial charge is 0.385 e. The Balaban J connectivity index is 2.02. The third-order valence-electron chi connectivity index (χ3n) is 4.19. The van der Waals surface area contributed by atoms with Crippen LogP contribution in [-0.4, -0.2) is 13.5 Å². The normalized spacial score (nSPS) is 13.9. The van der Waals surface area contributed by atoms with Gasteiger partial charge in [-0.15, -0.1) is 0 Å². The average Bonchev–Trinajstić information content (AvgIpc) is 2.66. The molecule has 2 unspecified atom stereocenters. The predicted octanol–water partition coefficient (Wildman–Crippen LogP) is 5.70. The van der Waals surface area contributed by atoms with E-state index < -0.39 is 22.3 Å². The first-order chi connectivity index (χ1) is 13.3. The molecule has 7 heteroatoms. The Morgan fingerprint density at radius 1 is 0.857 bits per heavy atom. The number of aryl methyl sites for hydroxylation is 1. The first kappa shape index (κ1) is 21.2. The molecule has 0 saturated heterocycles. The van der Waals surface area contributed by atoms with E-state index in [2.05, 4.69) is 31.9 Å². The molecule has 0 amide bonds. The van der Waals surface area contributed by atoms with Gasteiger partial charge in [-0.25, -0.2) is 0 Å². The predicted molar refractivity (Wildman–Crippen MR) is 115 cm³/mol. The summed E-state index contributed by atoms with van der Waals surface area (Å²) in [4.78, 5) is 0.0412. The lowest BCUT2D eigenvalue weighted by molar-refractivity contribution is 0.0384. The number of rotatable bonds is 6. The lowest BCUT2D eigenvalue weighted by Crippen LogP contribution is -2.19. The van der Waals surface area contributed by atoms with Crippen molar-refractivity contribution in [3.8, 4) is 0 Å². The smallest absolute Gasteiger partial charge is 0.297 e. The van der Waals surface area contributed by atoms with E-state index >= 15 is 0 Å². The fraction of sp³-hybridized carbons (Fsp3) is 0.143. The quantitative estimate of drug-likeness (QED) is 0.419. The van der Waals surface area contributed by atoms with Crippen molar-refractivity contribution in [2.24, 2.45) is 0 Å². The van der Waals surface area contributed by atoms with Gasteiger partial charge in [0.15, 0.2) is 0 Å². The third-order valence-corrected chi connectivity index (χ3v) is 6.49. The van der Waals surface area contributed by atoms with Gasteiger partial charge in [0.25, 0.3) is 10.1 Å². The Morgan fingerprint density at radius 3 is 1.96 bits per heavy atom. The molecule has 4 nitrogen and oxygen atoms in total. The van der Waals surface area contributed by atoms with Crippen LogP contribution in [0.4, 0.5) is 0 Å². The maximum Gasteiger partial charge on any atom is 0.297 e. The summed E-state index contributed by atoms with van der Waals surface area (Å²) >= 11 is 6.76. The molecular formula is C21H18Br2O4S. The molecule has 28 heavy (non-hydrogen) atoms. The molecule has 3 aromatic rings. The highest BCUT2D eigenvalue weighted by Crippen LogP contribution is 2.36. The van der Waals surface area contributed by atoms with Crippen LogP contribution in [0.5, 0.6) is 0 Å². The van der Waals surface area contributed by atoms with Gasteiger partial charge >= 0.3 is 0 Å². The van der Waals surface area contributed by atoms with E-state index in [1.165, 1.54) is 12.1 Å². The molecule has 3 rings (SSSR count). The Kier molecular flexibility index (Phi) is 6.73. The second-order valence-electron chi connectivity index (χ2n) is 6.34. The molecule has 0 aliphatic carbocycles. The lowest BCUT2D eigenvalue weighted by atomic mass is 9.98. The molecule has 146 valence electrons. The Hall–Kier alpha value is -1.51. The molecule has 0 aromatic heterocycles. The summed E-state index contributed by atoms with van der Waals surface area (Å²) in [5.74, 6) is 0. The Morgan fingerprint density at radius 2 is 1.39 bits per heavy atom. The van der Waals surface area contributed by atoms with E-state index in [0.717, 1.165) is 14.5 Å². The summed E-state index contributed by atoms with van der Waals surface area (Å²) in [7, 11) is -4.09. The second kappa shape index (κ2) is 8.88. The molecule has 0 heterocycles. The zero-order valence-corrected chi connectivity index (χ0v) is 18.9. The number of aliphatic hydroxyl groups excluding tert-OH is 1. The fourth-order valence-electron chi connectivity index (χ4n) is 2.74. The fourth-order valence-corrected chi connectivity index (χ4v) is 4.64.